The van der Waals surface area contributed by atoms with Gasteiger partial charge in [-0.25, -0.2) is 4.68 Å². The largest absolute Gasteiger partial charge is 0.480 e. The molecule has 110 valence electrons. The topological polar surface area (TPSA) is 99.4 Å². The van der Waals surface area contributed by atoms with Gasteiger partial charge in [-0.05, 0) is 23.3 Å². The van der Waals surface area contributed by atoms with Crippen LogP contribution >= 0.6 is 11.8 Å². The minimum atomic E-state index is -0.968. The molecular formula is C11H16N4O4S. The van der Waals surface area contributed by atoms with Gasteiger partial charge in [0.1, 0.15) is 6.54 Å². The molecule has 9 heteroatoms. The lowest BCUT2D eigenvalue weighted by molar-refractivity contribution is -0.159. The fourth-order valence-corrected chi connectivity index (χ4v) is 3.41. The van der Waals surface area contributed by atoms with Gasteiger partial charge in [-0.2, -0.15) is 0 Å². The SMILES string of the molecule is O=C(O)Cn1nnnc1SCC1COC2(CCCC2)O1. The van der Waals surface area contributed by atoms with Crippen molar-refractivity contribution in [1.82, 2.24) is 20.2 Å². The molecule has 20 heavy (non-hydrogen) atoms. The van der Waals surface area contributed by atoms with E-state index in [-0.39, 0.29) is 18.4 Å². The number of carboxylic acids is 1. The number of carboxylic acid groups (broad SMARTS) is 1. The second kappa shape index (κ2) is 5.66. The summed E-state index contributed by atoms with van der Waals surface area (Å²) in [5.41, 5.74) is 0. The van der Waals surface area contributed by atoms with E-state index in [9.17, 15) is 4.79 Å². The first-order valence-corrected chi connectivity index (χ1v) is 7.58. The Morgan fingerprint density at radius 3 is 3.05 bits per heavy atom. The lowest BCUT2D eigenvalue weighted by Gasteiger charge is -2.21. The molecule has 8 nitrogen and oxygen atoms in total. The molecule has 0 radical (unpaired) electrons. The van der Waals surface area contributed by atoms with Crippen LogP contribution in [0.15, 0.2) is 5.16 Å². The van der Waals surface area contributed by atoms with Gasteiger partial charge in [0.25, 0.3) is 0 Å². The first-order chi connectivity index (χ1) is 9.67. The van der Waals surface area contributed by atoms with E-state index in [1.54, 1.807) is 0 Å². The van der Waals surface area contributed by atoms with Gasteiger partial charge in [-0.3, -0.25) is 4.79 Å². The minimum Gasteiger partial charge on any atom is -0.480 e. The molecular weight excluding hydrogens is 284 g/mol. The van der Waals surface area contributed by atoms with Crippen LogP contribution in [0.1, 0.15) is 25.7 Å². The highest BCUT2D eigenvalue weighted by molar-refractivity contribution is 7.99. The van der Waals surface area contributed by atoms with Crippen LogP contribution in [0.5, 0.6) is 0 Å². The van der Waals surface area contributed by atoms with Crippen molar-refractivity contribution in [1.29, 1.82) is 0 Å². The van der Waals surface area contributed by atoms with E-state index in [2.05, 4.69) is 15.5 Å². The van der Waals surface area contributed by atoms with Gasteiger partial charge >= 0.3 is 5.97 Å². The molecule has 1 saturated heterocycles. The van der Waals surface area contributed by atoms with Crippen molar-refractivity contribution in [3.8, 4) is 0 Å². The fourth-order valence-electron chi connectivity index (χ4n) is 2.57. The maximum absolute atomic E-state index is 10.7. The molecule has 2 aliphatic rings. The molecule has 1 spiro atoms. The molecule has 1 N–H and O–H groups in total. The number of aromatic nitrogens is 4. The zero-order valence-electron chi connectivity index (χ0n) is 10.9. The Morgan fingerprint density at radius 2 is 2.30 bits per heavy atom. The van der Waals surface area contributed by atoms with E-state index < -0.39 is 5.97 Å². The van der Waals surface area contributed by atoms with E-state index in [1.807, 2.05) is 0 Å². The Hall–Kier alpha value is -1.19. The maximum atomic E-state index is 10.7. The van der Waals surface area contributed by atoms with Crippen molar-refractivity contribution < 1.29 is 19.4 Å². The average molecular weight is 300 g/mol. The summed E-state index contributed by atoms with van der Waals surface area (Å²) in [5, 5.41) is 20.2. The van der Waals surface area contributed by atoms with Gasteiger partial charge in [0.05, 0.1) is 12.7 Å². The van der Waals surface area contributed by atoms with Crippen molar-refractivity contribution in [2.24, 2.45) is 0 Å². The normalized spacial score (nSPS) is 24.5. The number of aliphatic carboxylic acids is 1. The monoisotopic (exact) mass is 300 g/mol. The molecule has 1 saturated carbocycles. The lowest BCUT2D eigenvalue weighted by Crippen LogP contribution is -2.27. The van der Waals surface area contributed by atoms with Crippen LogP contribution in [-0.2, 0) is 20.8 Å². The van der Waals surface area contributed by atoms with Gasteiger partial charge in [-0.1, -0.05) is 11.8 Å². The smallest absolute Gasteiger partial charge is 0.325 e. The van der Waals surface area contributed by atoms with E-state index in [1.165, 1.54) is 16.4 Å². The summed E-state index contributed by atoms with van der Waals surface area (Å²) >= 11 is 1.39. The van der Waals surface area contributed by atoms with Crippen molar-refractivity contribution in [3.05, 3.63) is 0 Å². The van der Waals surface area contributed by atoms with Gasteiger partial charge in [0, 0.05) is 18.6 Å². The first-order valence-electron chi connectivity index (χ1n) is 6.59. The van der Waals surface area contributed by atoms with Gasteiger partial charge in [0.15, 0.2) is 5.79 Å². The van der Waals surface area contributed by atoms with Crippen LogP contribution in [0, 0.1) is 0 Å². The molecule has 1 unspecified atom stereocenters. The van der Waals surface area contributed by atoms with E-state index in [0.717, 1.165) is 25.7 Å². The number of hydrogen-bond acceptors (Lipinski definition) is 7. The molecule has 2 fully saturated rings. The highest BCUT2D eigenvalue weighted by Crippen LogP contribution is 2.40. The molecule has 2 heterocycles. The maximum Gasteiger partial charge on any atom is 0.325 e. The van der Waals surface area contributed by atoms with Gasteiger partial charge in [0.2, 0.25) is 5.16 Å². The van der Waals surface area contributed by atoms with Crippen molar-refractivity contribution in [2.45, 2.75) is 49.3 Å². The summed E-state index contributed by atoms with van der Waals surface area (Å²) in [6.07, 6.45) is 4.23. The Balaban J connectivity index is 1.53. The Morgan fingerprint density at radius 1 is 1.50 bits per heavy atom. The molecule has 1 aromatic heterocycles. The minimum absolute atomic E-state index is 0.00748. The number of thioether (sulfide) groups is 1. The Kier molecular flexibility index (Phi) is 3.90. The van der Waals surface area contributed by atoms with E-state index >= 15 is 0 Å². The zero-order chi connectivity index (χ0) is 14.0. The Bertz CT molecular complexity index is 489. The zero-order valence-corrected chi connectivity index (χ0v) is 11.7. The Labute approximate surface area is 119 Å². The molecule has 0 aromatic carbocycles. The van der Waals surface area contributed by atoms with Crippen LogP contribution in [0.2, 0.25) is 0 Å². The number of hydrogen-bond donors (Lipinski definition) is 1. The molecule has 1 aliphatic heterocycles. The number of nitrogens with zero attached hydrogens (tertiary/aromatic N) is 4. The summed E-state index contributed by atoms with van der Waals surface area (Å²) < 4.78 is 13.1. The fraction of sp³-hybridized carbons (Fsp3) is 0.818. The third kappa shape index (κ3) is 2.94. The number of tetrazole rings is 1. The molecule has 1 atom stereocenters. The highest BCUT2D eigenvalue weighted by Gasteiger charge is 2.43. The third-order valence-corrected chi connectivity index (χ3v) is 4.55. The highest BCUT2D eigenvalue weighted by atomic mass is 32.2. The standard InChI is InChI=1S/C11H16N4O4S/c16-9(17)5-15-10(12-13-14-15)20-7-8-6-18-11(19-8)3-1-2-4-11/h8H,1-7H2,(H,16,17). The number of rotatable bonds is 5. The molecule has 1 aliphatic carbocycles. The second-order valence-electron chi connectivity index (χ2n) is 4.99. The van der Waals surface area contributed by atoms with E-state index in [4.69, 9.17) is 14.6 Å². The van der Waals surface area contributed by atoms with Crippen molar-refractivity contribution in [2.75, 3.05) is 12.4 Å². The van der Waals surface area contributed by atoms with Crippen LogP contribution in [0.25, 0.3) is 0 Å². The van der Waals surface area contributed by atoms with Crippen LogP contribution in [-0.4, -0.2) is 55.5 Å². The first kappa shape index (κ1) is 13.8. The summed E-state index contributed by atoms with van der Waals surface area (Å²) in [5.74, 6) is -0.676. The molecule has 0 bridgehead atoms. The van der Waals surface area contributed by atoms with Gasteiger partial charge in [-0.15, -0.1) is 5.10 Å². The average Bonchev–Trinajstić information content (AvgIpc) is 3.11. The van der Waals surface area contributed by atoms with Crippen LogP contribution < -0.4 is 0 Å². The van der Waals surface area contributed by atoms with Crippen molar-refractivity contribution in [3.63, 3.8) is 0 Å². The lowest BCUT2D eigenvalue weighted by atomic mass is 10.2. The number of ether oxygens (including phenoxy) is 2. The summed E-state index contributed by atoms with van der Waals surface area (Å²) in [7, 11) is 0. The van der Waals surface area contributed by atoms with Gasteiger partial charge < -0.3 is 14.6 Å². The quantitative estimate of drug-likeness (QED) is 0.786. The molecule has 0 amide bonds. The predicted molar refractivity (Wildman–Crippen MR) is 68.2 cm³/mol. The summed E-state index contributed by atoms with van der Waals surface area (Å²) in [6, 6.07) is 0. The number of carbonyl (C=O) groups is 1. The summed E-state index contributed by atoms with van der Waals surface area (Å²) in [4.78, 5) is 10.7. The van der Waals surface area contributed by atoms with Crippen LogP contribution in [0.4, 0.5) is 0 Å². The summed E-state index contributed by atoms with van der Waals surface area (Å²) in [6.45, 7) is 0.342. The molecule has 3 rings (SSSR count). The van der Waals surface area contributed by atoms with Crippen LogP contribution in [0.3, 0.4) is 0 Å². The van der Waals surface area contributed by atoms with E-state index in [0.29, 0.717) is 17.5 Å². The predicted octanol–water partition coefficient (Wildman–Crippen LogP) is 0.535. The second-order valence-corrected chi connectivity index (χ2v) is 5.98. The molecule has 1 aromatic rings. The van der Waals surface area contributed by atoms with Crippen molar-refractivity contribution >= 4 is 17.7 Å². The third-order valence-electron chi connectivity index (χ3n) is 3.46.